The first-order chi connectivity index (χ1) is 7.66. The Balaban J connectivity index is 0.00000144. The van der Waals surface area contributed by atoms with Crippen molar-refractivity contribution in [1.82, 2.24) is 0 Å². The Morgan fingerprint density at radius 3 is 1.22 bits per heavy atom. The molecule has 0 heterocycles. The van der Waals surface area contributed by atoms with Gasteiger partial charge in [0.2, 0.25) is 0 Å². The third kappa shape index (κ3) is 5.16. The fourth-order valence-corrected chi connectivity index (χ4v) is 1.39. The number of hydrogen-bond donors (Lipinski definition) is 2. The summed E-state index contributed by atoms with van der Waals surface area (Å²) in [6, 6.07) is 12.1. The van der Waals surface area contributed by atoms with Gasteiger partial charge in [0.25, 0.3) is 0 Å². The van der Waals surface area contributed by atoms with Gasteiger partial charge in [-0.2, -0.15) is 0 Å². The molecule has 2 aromatic carbocycles. The minimum atomic E-state index is -0.139. The molecule has 0 aliphatic carbocycles. The summed E-state index contributed by atoms with van der Waals surface area (Å²) >= 11 is 0. The summed E-state index contributed by atoms with van der Waals surface area (Å²) in [6.07, 6.45) is 0. The van der Waals surface area contributed by atoms with Crippen molar-refractivity contribution in [2.75, 3.05) is 0 Å². The number of carbonyl (C=O) groups excluding carboxylic acids is 1. The van der Waals surface area contributed by atoms with Gasteiger partial charge in [0.05, 0.1) is 0 Å². The number of phenols is 2. The van der Waals surface area contributed by atoms with Crippen LogP contribution in [0, 0.1) is 0 Å². The zero-order chi connectivity index (χ0) is 11.5. The van der Waals surface area contributed by atoms with Crippen LogP contribution in [0.2, 0.25) is 0 Å². The molecule has 0 aliphatic rings. The van der Waals surface area contributed by atoms with Crippen molar-refractivity contribution < 1.29 is 15.0 Å². The number of ketones is 1. The molecule has 0 atom stereocenters. The number of carbonyl (C=O) groups is 1. The van der Waals surface area contributed by atoms with Crippen molar-refractivity contribution in [3.05, 3.63) is 59.7 Å². The molecule has 3 nitrogen and oxygen atoms in total. The summed E-state index contributed by atoms with van der Waals surface area (Å²) in [4.78, 5) is 11.9. The Kier molecular flexibility index (Phi) is 9.51. The molecule has 2 N–H and O–H groups in total. The van der Waals surface area contributed by atoms with E-state index in [0.717, 1.165) is 0 Å². The van der Waals surface area contributed by atoms with Crippen LogP contribution in [0.4, 0.5) is 0 Å². The van der Waals surface area contributed by atoms with Gasteiger partial charge in [0.1, 0.15) is 11.5 Å². The first kappa shape index (κ1) is 19.0. The van der Waals surface area contributed by atoms with E-state index in [9.17, 15) is 4.79 Å². The van der Waals surface area contributed by atoms with Gasteiger partial charge in [-0.25, -0.2) is 0 Å². The molecule has 0 bridgehead atoms. The molecule has 0 aromatic heterocycles. The van der Waals surface area contributed by atoms with Gasteiger partial charge in [-0.15, -0.1) is 0 Å². The molecule has 2 aromatic rings. The number of phenolic OH excluding ortho intramolecular Hbond substituents is 2. The van der Waals surface area contributed by atoms with E-state index in [4.69, 9.17) is 10.2 Å². The Labute approximate surface area is 190 Å². The Morgan fingerprint density at radius 2 is 0.944 bits per heavy atom. The second-order valence-corrected chi connectivity index (χ2v) is 3.42. The number of aromatic hydroxyl groups is 2. The number of rotatable bonds is 2. The van der Waals surface area contributed by atoms with E-state index in [2.05, 4.69) is 0 Å². The van der Waals surface area contributed by atoms with Gasteiger partial charge >= 0.3 is 103 Å². The molecule has 0 amide bonds. The zero-order valence-electron chi connectivity index (χ0n) is 8.42. The predicted octanol–water partition coefficient (Wildman–Crippen LogP) is 1.03. The van der Waals surface area contributed by atoms with Crippen molar-refractivity contribution >= 4 is 109 Å². The van der Waals surface area contributed by atoms with Crippen LogP contribution in [0.1, 0.15) is 15.9 Å². The van der Waals surface area contributed by atoms with Crippen molar-refractivity contribution in [3.63, 3.8) is 0 Å². The first-order valence-electron chi connectivity index (χ1n) is 4.79. The van der Waals surface area contributed by atoms with Gasteiger partial charge in [-0.3, -0.25) is 4.79 Å². The quantitative estimate of drug-likeness (QED) is 0.642. The van der Waals surface area contributed by atoms with Crippen LogP contribution in [-0.4, -0.2) is 119 Å². The monoisotopic (exact) mass is 294 g/mol. The van der Waals surface area contributed by atoms with Crippen molar-refractivity contribution in [1.29, 1.82) is 0 Å². The molecule has 0 fully saturated rings. The van der Waals surface area contributed by atoms with E-state index in [0.29, 0.717) is 11.1 Å². The minimum absolute atomic E-state index is 0. The van der Waals surface area contributed by atoms with Gasteiger partial charge in [0, 0.05) is 11.1 Å². The summed E-state index contributed by atoms with van der Waals surface area (Å²) in [5, 5.41) is 18.2. The molecule has 0 unspecified atom stereocenters. The molecule has 0 spiro atoms. The molecule has 0 saturated heterocycles. The van der Waals surface area contributed by atoms with E-state index in [-0.39, 0.29) is 120 Å². The molecular weight excluding hydrogens is 282 g/mol. The third-order valence-corrected chi connectivity index (χ3v) is 2.26. The van der Waals surface area contributed by atoms with Crippen LogP contribution in [0.25, 0.3) is 0 Å². The third-order valence-electron chi connectivity index (χ3n) is 2.26. The molecule has 18 heavy (non-hydrogen) atoms. The molecular formula is C13H12K2O3. The summed E-state index contributed by atoms with van der Waals surface area (Å²) in [6.45, 7) is 0. The van der Waals surface area contributed by atoms with E-state index in [1.165, 1.54) is 24.3 Å². The zero-order valence-corrected chi connectivity index (χ0v) is 8.42. The predicted molar refractivity (Wildman–Crippen MR) is 73.9 cm³/mol. The fraction of sp³-hybridized carbons (Fsp3) is 0. The molecule has 84 valence electrons. The number of hydrogen-bond acceptors (Lipinski definition) is 3. The van der Waals surface area contributed by atoms with Crippen LogP contribution in [-0.2, 0) is 0 Å². The average Bonchev–Trinajstić information content (AvgIpc) is 2.30. The van der Waals surface area contributed by atoms with Crippen LogP contribution >= 0.6 is 0 Å². The van der Waals surface area contributed by atoms with Crippen molar-refractivity contribution in [2.45, 2.75) is 0 Å². The SMILES string of the molecule is O=C(c1ccc(O)cc1)c1ccc(O)cc1.[KH].[KH]. The van der Waals surface area contributed by atoms with E-state index in [1.54, 1.807) is 24.3 Å². The topological polar surface area (TPSA) is 57.5 Å². The Hall–Kier alpha value is 0.983. The fourth-order valence-electron chi connectivity index (χ4n) is 1.39. The average molecular weight is 294 g/mol. The summed E-state index contributed by atoms with van der Waals surface area (Å²) < 4.78 is 0. The van der Waals surface area contributed by atoms with Gasteiger partial charge in [0.15, 0.2) is 5.78 Å². The van der Waals surface area contributed by atoms with Gasteiger partial charge in [-0.1, -0.05) is 0 Å². The van der Waals surface area contributed by atoms with E-state index in [1.807, 2.05) is 0 Å². The molecule has 0 saturated carbocycles. The van der Waals surface area contributed by atoms with Crippen LogP contribution in [0.5, 0.6) is 11.5 Å². The standard InChI is InChI=1S/C13H10O3.2K.2H/c14-11-5-1-9(2-6-11)13(16)10-3-7-12(15)8-4-10;;;;/h1-8,14-15H;;;;. The van der Waals surface area contributed by atoms with Crippen molar-refractivity contribution in [3.8, 4) is 11.5 Å². The van der Waals surface area contributed by atoms with Crippen LogP contribution in [0.3, 0.4) is 0 Å². The molecule has 0 radical (unpaired) electrons. The molecule has 0 aliphatic heterocycles. The summed E-state index contributed by atoms with van der Waals surface area (Å²) in [7, 11) is 0. The summed E-state index contributed by atoms with van der Waals surface area (Å²) in [5.41, 5.74) is 1.01. The van der Waals surface area contributed by atoms with Gasteiger partial charge < -0.3 is 10.2 Å². The second-order valence-electron chi connectivity index (χ2n) is 3.42. The second kappa shape index (κ2) is 9.02. The first-order valence-corrected chi connectivity index (χ1v) is 4.79. The Bertz CT molecular complexity index is 459. The van der Waals surface area contributed by atoms with E-state index < -0.39 is 0 Å². The maximum absolute atomic E-state index is 11.9. The van der Waals surface area contributed by atoms with Crippen molar-refractivity contribution in [2.24, 2.45) is 0 Å². The van der Waals surface area contributed by atoms with Crippen LogP contribution < -0.4 is 0 Å². The summed E-state index contributed by atoms with van der Waals surface area (Å²) in [5.74, 6) is 0.115. The van der Waals surface area contributed by atoms with E-state index >= 15 is 0 Å². The Morgan fingerprint density at radius 1 is 0.667 bits per heavy atom. The molecule has 5 heteroatoms. The van der Waals surface area contributed by atoms with Crippen LogP contribution in [0.15, 0.2) is 48.5 Å². The number of benzene rings is 2. The normalized spacial score (nSPS) is 8.89. The maximum atomic E-state index is 11.9. The van der Waals surface area contributed by atoms with Gasteiger partial charge in [-0.05, 0) is 48.5 Å². The molecule has 2 rings (SSSR count).